The van der Waals surface area contributed by atoms with Crippen LogP contribution in [0.25, 0.3) is 0 Å². The average Bonchev–Trinajstić information content (AvgIpc) is 2.94. The molecule has 120 valence electrons. The lowest BCUT2D eigenvalue weighted by Crippen LogP contribution is -2.44. The molecule has 0 aliphatic heterocycles. The van der Waals surface area contributed by atoms with E-state index in [9.17, 15) is 0 Å². The Bertz CT molecular complexity index is 427. The number of aryl methyl sites for hydroxylation is 1. The van der Waals surface area contributed by atoms with Gasteiger partial charge in [0.1, 0.15) is 5.01 Å². The van der Waals surface area contributed by atoms with E-state index >= 15 is 0 Å². The second-order valence-electron chi connectivity index (χ2n) is 5.25. The molecule has 0 aromatic carbocycles. The molecule has 2 rings (SSSR count). The van der Waals surface area contributed by atoms with Crippen LogP contribution in [-0.4, -0.2) is 23.5 Å². The van der Waals surface area contributed by atoms with Crippen LogP contribution in [0.15, 0.2) is 11.2 Å². The van der Waals surface area contributed by atoms with Crippen molar-refractivity contribution in [2.75, 3.05) is 6.54 Å². The van der Waals surface area contributed by atoms with Gasteiger partial charge in [-0.1, -0.05) is 26.2 Å². The van der Waals surface area contributed by atoms with Gasteiger partial charge < -0.3 is 10.6 Å². The molecule has 2 N–H and O–H groups in total. The molecule has 0 amide bonds. The first kappa shape index (κ1) is 18.7. The van der Waals surface area contributed by atoms with E-state index in [0.717, 1.165) is 23.9 Å². The molecule has 0 bridgehead atoms. The minimum atomic E-state index is 0. The van der Waals surface area contributed by atoms with Crippen LogP contribution in [0.3, 0.4) is 0 Å². The van der Waals surface area contributed by atoms with E-state index in [4.69, 9.17) is 0 Å². The van der Waals surface area contributed by atoms with Crippen molar-refractivity contribution in [1.82, 2.24) is 15.6 Å². The van der Waals surface area contributed by atoms with Gasteiger partial charge in [0.05, 0.1) is 6.54 Å². The summed E-state index contributed by atoms with van der Waals surface area (Å²) in [7, 11) is 0. The molecule has 0 saturated heterocycles. The SMILES string of the molecule is CCNC(=NCc1ncc(CC)s1)NC1CCCCC1.I. The first-order valence-corrected chi connectivity index (χ1v) is 8.62. The number of rotatable bonds is 5. The Morgan fingerprint density at radius 1 is 1.33 bits per heavy atom. The van der Waals surface area contributed by atoms with Crippen molar-refractivity contribution in [1.29, 1.82) is 0 Å². The predicted molar refractivity (Wildman–Crippen MR) is 102 cm³/mol. The van der Waals surface area contributed by atoms with Crippen LogP contribution in [0, 0.1) is 0 Å². The lowest BCUT2D eigenvalue weighted by atomic mass is 9.96. The highest BCUT2D eigenvalue weighted by Crippen LogP contribution is 2.17. The maximum atomic E-state index is 4.67. The van der Waals surface area contributed by atoms with E-state index in [-0.39, 0.29) is 24.0 Å². The van der Waals surface area contributed by atoms with Gasteiger partial charge in [-0.3, -0.25) is 0 Å². The molecule has 0 unspecified atom stereocenters. The summed E-state index contributed by atoms with van der Waals surface area (Å²) in [6.45, 7) is 5.84. The summed E-state index contributed by atoms with van der Waals surface area (Å²) < 4.78 is 0. The third kappa shape index (κ3) is 6.50. The van der Waals surface area contributed by atoms with Gasteiger partial charge in [-0.2, -0.15) is 0 Å². The normalized spacial score (nSPS) is 16.4. The highest BCUT2D eigenvalue weighted by Gasteiger charge is 2.14. The fourth-order valence-corrected chi connectivity index (χ4v) is 3.28. The first-order chi connectivity index (χ1) is 9.81. The summed E-state index contributed by atoms with van der Waals surface area (Å²) in [6.07, 6.45) is 9.61. The zero-order chi connectivity index (χ0) is 14.2. The lowest BCUT2D eigenvalue weighted by Gasteiger charge is -2.24. The Balaban J connectivity index is 0.00000220. The Kier molecular flexibility index (Phi) is 9.23. The van der Waals surface area contributed by atoms with Crippen LogP contribution >= 0.6 is 35.3 Å². The Hall–Kier alpha value is -0.370. The number of thiazole rings is 1. The molecule has 0 spiro atoms. The minimum absolute atomic E-state index is 0. The summed E-state index contributed by atoms with van der Waals surface area (Å²) in [5, 5.41) is 8.00. The van der Waals surface area contributed by atoms with Gasteiger partial charge in [-0.25, -0.2) is 9.98 Å². The Morgan fingerprint density at radius 2 is 2.10 bits per heavy atom. The number of hydrogen-bond donors (Lipinski definition) is 2. The maximum absolute atomic E-state index is 4.67. The van der Waals surface area contributed by atoms with Gasteiger partial charge in [0.25, 0.3) is 0 Å². The molecule has 0 atom stereocenters. The number of guanidine groups is 1. The second-order valence-corrected chi connectivity index (χ2v) is 6.45. The second kappa shape index (κ2) is 10.4. The van der Waals surface area contributed by atoms with Gasteiger partial charge in [-0.15, -0.1) is 35.3 Å². The zero-order valence-electron chi connectivity index (χ0n) is 13.0. The van der Waals surface area contributed by atoms with Crippen molar-refractivity contribution in [2.45, 2.75) is 65.0 Å². The van der Waals surface area contributed by atoms with Crippen LogP contribution in [0.2, 0.25) is 0 Å². The lowest BCUT2D eigenvalue weighted by molar-refractivity contribution is 0.410. The van der Waals surface area contributed by atoms with Crippen molar-refractivity contribution < 1.29 is 0 Å². The molecule has 1 aliphatic rings. The monoisotopic (exact) mass is 422 g/mol. The summed E-state index contributed by atoms with van der Waals surface area (Å²) >= 11 is 1.77. The van der Waals surface area contributed by atoms with E-state index in [2.05, 4.69) is 34.5 Å². The predicted octanol–water partition coefficient (Wildman–Crippen LogP) is 3.71. The number of aromatic nitrogens is 1. The smallest absolute Gasteiger partial charge is 0.191 e. The van der Waals surface area contributed by atoms with Crippen molar-refractivity contribution in [3.8, 4) is 0 Å². The molecule has 1 fully saturated rings. The molecule has 1 aromatic rings. The fraction of sp³-hybridized carbons (Fsp3) is 0.733. The van der Waals surface area contributed by atoms with Crippen molar-refractivity contribution in [2.24, 2.45) is 4.99 Å². The summed E-state index contributed by atoms with van der Waals surface area (Å²) in [5.74, 6) is 0.938. The topological polar surface area (TPSA) is 49.3 Å². The van der Waals surface area contributed by atoms with Crippen molar-refractivity contribution >= 4 is 41.3 Å². The van der Waals surface area contributed by atoms with Gasteiger partial charge in [0.2, 0.25) is 0 Å². The number of hydrogen-bond acceptors (Lipinski definition) is 3. The molecule has 6 heteroatoms. The standard InChI is InChI=1S/C15H26N4S.HI/c1-3-13-10-17-14(20-13)11-18-15(16-4-2)19-12-8-6-5-7-9-12;/h10,12H,3-9,11H2,1-2H3,(H2,16,18,19);1H. The van der Waals surface area contributed by atoms with E-state index in [1.165, 1.54) is 37.0 Å². The number of nitrogens with zero attached hydrogens (tertiary/aromatic N) is 2. The van der Waals surface area contributed by atoms with Crippen LogP contribution in [0.1, 0.15) is 55.8 Å². The van der Waals surface area contributed by atoms with Gasteiger partial charge in [0.15, 0.2) is 5.96 Å². The van der Waals surface area contributed by atoms with Crippen LogP contribution in [0.4, 0.5) is 0 Å². The van der Waals surface area contributed by atoms with E-state index in [1.807, 2.05) is 6.20 Å². The van der Waals surface area contributed by atoms with E-state index < -0.39 is 0 Å². The molecule has 1 aliphatic carbocycles. The molecule has 1 saturated carbocycles. The van der Waals surface area contributed by atoms with E-state index in [1.54, 1.807) is 11.3 Å². The summed E-state index contributed by atoms with van der Waals surface area (Å²) in [4.78, 5) is 10.4. The highest BCUT2D eigenvalue weighted by atomic mass is 127. The number of halogens is 1. The third-order valence-corrected chi connectivity index (χ3v) is 4.74. The van der Waals surface area contributed by atoms with Crippen molar-refractivity contribution in [3.05, 3.63) is 16.1 Å². The van der Waals surface area contributed by atoms with Gasteiger partial charge >= 0.3 is 0 Å². The molecule has 21 heavy (non-hydrogen) atoms. The van der Waals surface area contributed by atoms with Crippen LogP contribution in [-0.2, 0) is 13.0 Å². The van der Waals surface area contributed by atoms with E-state index in [0.29, 0.717) is 12.6 Å². The largest absolute Gasteiger partial charge is 0.357 e. The third-order valence-electron chi connectivity index (χ3n) is 3.61. The van der Waals surface area contributed by atoms with Crippen molar-refractivity contribution in [3.63, 3.8) is 0 Å². The molecule has 0 radical (unpaired) electrons. The fourth-order valence-electron chi connectivity index (χ4n) is 2.49. The van der Waals surface area contributed by atoms with Crippen LogP contribution < -0.4 is 10.6 Å². The minimum Gasteiger partial charge on any atom is -0.357 e. The Labute approximate surface area is 149 Å². The van der Waals surface area contributed by atoms with Crippen LogP contribution in [0.5, 0.6) is 0 Å². The van der Waals surface area contributed by atoms with Gasteiger partial charge in [0, 0.05) is 23.7 Å². The Morgan fingerprint density at radius 3 is 2.71 bits per heavy atom. The van der Waals surface area contributed by atoms with Gasteiger partial charge in [-0.05, 0) is 26.2 Å². The molecular formula is C15H27IN4S. The highest BCUT2D eigenvalue weighted by molar-refractivity contribution is 14.0. The molecule has 1 aromatic heterocycles. The summed E-state index contributed by atoms with van der Waals surface area (Å²) in [5.41, 5.74) is 0. The summed E-state index contributed by atoms with van der Waals surface area (Å²) in [6, 6.07) is 0.587. The number of nitrogens with one attached hydrogen (secondary N) is 2. The number of aliphatic imine (C=N–C) groups is 1. The zero-order valence-corrected chi connectivity index (χ0v) is 16.2. The quantitative estimate of drug-likeness (QED) is 0.432. The molecule has 1 heterocycles. The average molecular weight is 422 g/mol. The molecule has 4 nitrogen and oxygen atoms in total. The maximum Gasteiger partial charge on any atom is 0.191 e. The molecular weight excluding hydrogens is 395 g/mol. The first-order valence-electron chi connectivity index (χ1n) is 7.80.